The lowest BCUT2D eigenvalue weighted by Gasteiger charge is -2.46. The van der Waals surface area contributed by atoms with Crippen molar-refractivity contribution < 1.29 is 19.1 Å². The zero-order valence-electron chi connectivity index (χ0n) is 14.1. The summed E-state index contributed by atoms with van der Waals surface area (Å²) in [6, 6.07) is 3.45. The van der Waals surface area contributed by atoms with Crippen LogP contribution >= 0.6 is 0 Å². The van der Waals surface area contributed by atoms with Crippen LogP contribution in [0.2, 0.25) is 0 Å². The lowest BCUT2D eigenvalue weighted by atomic mass is 9.97. The Kier molecular flexibility index (Phi) is 5.11. The van der Waals surface area contributed by atoms with E-state index >= 15 is 0 Å². The van der Waals surface area contributed by atoms with E-state index in [1.54, 1.807) is 35.2 Å². The van der Waals surface area contributed by atoms with Crippen molar-refractivity contribution in [3.8, 4) is 0 Å². The molecule has 7 nitrogen and oxygen atoms in total. The van der Waals surface area contributed by atoms with E-state index in [0.29, 0.717) is 31.8 Å². The molecule has 2 aliphatic rings. The maximum absolute atomic E-state index is 12.8. The van der Waals surface area contributed by atoms with Gasteiger partial charge in [0, 0.05) is 38.6 Å². The van der Waals surface area contributed by atoms with Crippen LogP contribution in [0.25, 0.3) is 0 Å². The number of carbonyl (C=O) groups excluding carboxylic acids is 2. The number of piperidine rings is 1. The van der Waals surface area contributed by atoms with Crippen LogP contribution in [-0.4, -0.2) is 78.7 Å². The largest absolute Gasteiger partial charge is 0.383 e. The minimum Gasteiger partial charge on any atom is -0.383 e. The van der Waals surface area contributed by atoms with Gasteiger partial charge in [0.2, 0.25) is 5.91 Å². The van der Waals surface area contributed by atoms with Gasteiger partial charge < -0.3 is 19.3 Å². The van der Waals surface area contributed by atoms with Crippen LogP contribution in [0.5, 0.6) is 0 Å². The van der Waals surface area contributed by atoms with Crippen molar-refractivity contribution in [3.63, 3.8) is 0 Å². The molecule has 1 aromatic rings. The van der Waals surface area contributed by atoms with Crippen LogP contribution in [0.1, 0.15) is 22.5 Å². The summed E-state index contributed by atoms with van der Waals surface area (Å²) in [5.74, 6) is -0.0797. The molecule has 3 heterocycles. The molecular formula is C17H23N3O4. The molecule has 7 heteroatoms. The SMILES string of the molecule is COCCN1C(=O)CO[C@@H]2CCN(C(=O)c3cccnc3C)C[C@@H]21. The van der Waals surface area contributed by atoms with E-state index < -0.39 is 0 Å². The van der Waals surface area contributed by atoms with Crippen LogP contribution in [-0.2, 0) is 14.3 Å². The van der Waals surface area contributed by atoms with Gasteiger partial charge in [0.05, 0.1) is 24.3 Å². The third-order valence-electron chi connectivity index (χ3n) is 4.72. The van der Waals surface area contributed by atoms with Gasteiger partial charge in [-0.2, -0.15) is 0 Å². The Labute approximate surface area is 141 Å². The predicted molar refractivity (Wildman–Crippen MR) is 86.6 cm³/mol. The topological polar surface area (TPSA) is 72.0 Å². The molecule has 3 rings (SSSR count). The minimum atomic E-state index is -0.115. The summed E-state index contributed by atoms with van der Waals surface area (Å²) in [6.07, 6.45) is 2.39. The summed E-state index contributed by atoms with van der Waals surface area (Å²) in [4.78, 5) is 32.8. The number of aromatic nitrogens is 1. The molecule has 0 N–H and O–H groups in total. The van der Waals surface area contributed by atoms with Crippen molar-refractivity contribution in [2.45, 2.75) is 25.5 Å². The Morgan fingerprint density at radius 1 is 1.50 bits per heavy atom. The van der Waals surface area contributed by atoms with E-state index in [2.05, 4.69) is 4.98 Å². The number of pyridine rings is 1. The average Bonchev–Trinajstić information content (AvgIpc) is 2.60. The Balaban J connectivity index is 1.75. The van der Waals surface area contributed by atoms with E-state index in [1.165, 1.54) is 0 Å². The zero-order valence-corrected chi connectivity index (χ0v) is 14.1. The van der Waals surface area contributed by atoms with E-state index in [4.69, 9.17) is 9.47 Å². The third kappa shape index (κ3) is 3.27. The summed E-state index contributed by atoms with van der Waals surface area (Å²) < 4.78 is 10.8. The molecule has 0 unspecified atom stereocenters. The fraction of sp³-hybridized carbons (Fsp3) is 0.588. The lowest BCUT2D eigenvalue weighted by Crippen LogP contribution is -2.63. The summed E-state index contributed by atoms with van der Waals surface area (Å²) >= 11 is 0. The van der Waals surface area contributed by atoms with Crippen molar-refractivity contribution in [2.24, 2.45) is 0 Å². The molecule has 2 aliphatic heterocycles. The van der Waals surface area contributed by atoms with Gasteiger partial charge in [-0.05, 0) is 25.5 Å². The zero-order chi connectivity index (χ0) is 17.1. The molecule has 0 spiro atoms. The minimum absolute atomic E-state index is 0.0152. The van der Waals surface area contributed by atoms with Crippen LogP contribution in [0.3, 0.4) is 0 Å². The first-order valence-electron chi connectivity index (χ1n) is 8.22. The number of ether oxygens (including phenoxy) is 2. The van der Waals surface area contributed by atoms with Crippen LogP contribution in [0.4, 0.5) is 0 Å². The second-order valence-electron chi connectivity index (χ2n) is 6.17. The first-order chi connectivity index (χ1) is 11.6. The Morgan fingerprint density at radius 3 is 3.08 bits per heavy atom. The highest BCUT2D eigenvalue weighted by atomic mass is 16.5. The molecule has 0 radical (unpaired) electrons. The van der Waals surface area contributed by atoms with Gasteiger partial charge >= 0.3 is 0 Å². The van der Waals surface area contributed by atoms with Crippen molar-refractivity contribution >= 4 is 11.8 Å². The molecule has 0 aliphatic carbocycles. The van der Waals surface area contributed by atoms with E-state index in [9.17, 15) is 9.59 Å². The normalized spacial score (nSPS) is 24.0. The summed E-state index contributed by atoms with van der Waals surface area (Å²) in [5.41, 5.74) is 1.33. The fourth-order valence-corrected chi connectivity index (χ4v) is 3.40. The number of hydrogen-bond acceptors (Lipinski definition) is 5. The number of aryl methyl sites for hydroxylation is 1. The molecule has 24 heavy (non-hydrogen) atoms. The molecule has 2 saturated heterocycles. The smallest absolute Gasteiger partial charge is 0.255 e. The molecule has 1 aromatic heterocycles. The summed E-state index contributed by atoms with van der Waals surface area (Å²) in [5, 5.41) is 0. The predicted octanol–water partition coefficient (Wildman–Crippen LogP) is 0.478. The Morgan fingerprint density at radius 2 is 2.33 bits per heavy atom. The molecular weight excluding hydrogens is 310 g/mol. The van der Waals surface area contributed by atoms with Gasteiger partial charge in [-0.1, -0.05) is 0 Å². The van der Waals surface area contributed by atoms with Gasteiger partial charge in [0.1, 0.15) is 6.61 Å². The quantitative estimate of drug-likeness (QED) is 0.801. The summed E-state index contributed by atoms with van der Waals surface area (Å²) in [6.45, 7) is 4.05. The highest BCUT2D eigenvalue weighted by molar-refractivity contribution is 5.95. The highest BCUT2D eigenvalue weighted by Crippen LogP contribution is 2.25. The van der Waals surface area contributed by atoms with Crippen LogP contribution < -0.4 is 0 Å². The molecule has 2 fully saturated rings. The number of rotatable bonds is 4. The maximum atomic E-state index is 12.8. The number of fused-ring (bicyclic) bond motifs is 1. The van der Waals surface area contributed by atoms with Gasteiger partial charge in [-0.15, -0.1) is 0 Å². The number of likely N-dealkylation sites (tertiary alicyclic amines) is 1. The van der Waals surface area contributed by atoms with Gasteiger partial charge in [-0.3, -0.25) is 14.6 Å². The third-order valence-corrected chi connectivity index (χ3v) is 4.72. The Hall–Kier alpha value is -1.99. The number of carbonyl (C=O) groups is 2. The number of morpholine rings is 1. The molecule has 130 valence electrons. The average molecular weight is 333 g/mol. The van der Waals surface area contributed by atoms with Gasteiger partial charge in [0.15, 0.2) is 0 Å². The number of nitrogens with zero attached hydrogens (tertiary/aromatic N) is 3. The molecule has 0 aromatic carbocycles. The number of methoxy groups -OCH3 is 1. The monoisotopic (exact) mass is 333 g/mol. The first kappa shape index (κ1) is 16.9. The van der Waals surface area contributed by atoms with Crippen molar-refractivity contribution in [1.82, 2.24) is 14.8 Å². The first-order valence-corrected chi connectivity index (χ1v) is 8.22. The molecule has 0 saturated carbocycles. The van der Waals surface area contributed by atoms with E-state index in [1.807, 2.05) is 6.92 Å². The molecule has 0 bridgehead atoms. The van der Waals surface area contributed by atoms with Crippen molar-refractivity contribution in [2.75, 3.05) is 40.0 Å². The van der Waals surface area contributed by atoms with E-state index in [-0.39, 0.29) is 30.6 Å². The molecule has 2 atom stereocenters. The van der Waals surface area contributed by atoms with Crippen molar-refractivity contribution in [1.29, 1.82) is 0 Å². The second-order valence-corrected chi connectivity index (χ2v) is 6.17. The number of amides is 2. The number of hydrogen-bond donors (Lipinski definition) is 0. The second kappa shape index (κ2) is 7.27. The standard InChI is InChI=1S/C17H23N3O4/c1-12-13(4-3-6-18-12)17(22)19-7-5-15-14(10-19)20(8-9-23-2)16(21)11-24-15/h3-4,6,14-15H,5,7-11H2,1-2H3/t14-,15+/m0/s1. The van der Waals surface area contributed by atoms with Crippen LogP contribution in [0.15, 0.2) is 18.3 Å². The lowest BCUT2D eigenvalue weighted by molar-refractivity contribution is -0.163. The van der Waals surface area contributed by atoms with Gasteiger partial charge in [0.25, 0.3) is 5.91 Å². The Bertz CT molecular complexity index is 622. The fourth-order valence-electron chi connectivity index (χ4n) is 3.40. The van der Waals surface area contributed by atoms with Crippen molar-refractivity contribution in [3.05, 3.63) is 29.6 Å². The van der Waals surface area contributed by atoms with E-state index in [0.717, 1.165) is 12.1 Å². The van der Waals surface area contributed by atoms with Gasteiger partial charge in [-0.25, -0.2) is 0 Å². The van der Waals surface area contributed by atoms with Crippen LogP contribution in [0, 0.1) is 6.92 Å². The maximum Gasteiger partial charge on any atom is 0.255 e. The highest BCUT2D eigenvalue weighted by Gasteiger charge is 2.41. The summed E-state index contributed by atoms with van der Waals surface area (Å²) in [7, 11) is 1.62. The molecule has 2 amide bonds.